The second kappa shape index (κ2) is 6.64. The van der Waals surface area contributed by atoms with Crippen molar-refractivity contribution in [3.05, 3.63) is 58.1 Å². The van der Waals surface area contributed by atoms with E-state index in [1.165, 1.54) is 4.57 Å². The molecule has 1 aromatic carbocycles. The molecular formula is C18H18N6O2. The Morgan fingerprint density at radius 3 is 2.77 bits per heavy atom. The maximum Gasteiger partial charge on any atom is 0.283 e. The molecule has 1 aliphatic heterocycles. The van der Waals surface area contributed by atoms with Crippen LogP contribution in [0.1, 0.15) is 17.4 Å². The van der Waals surface area contributed by atoms with Crippen LogP contribution in [0.3, 0.4) is 0 Å². The normalized spacial score (nSPS) is 16.3. The van der Waals surface area contributed by atoms with E-state index in [4.69, 9.17) is 4.74 Å². The van der Waals surface area contributed by atoms with Crippen LogP contribution in [0.15, 0.2) is 46.3 Å². The summed E-state index contributed by atoms with van der Waals surface area (Å²) in [5, 5.41) is 0. The topological polar surface area (TPSA) is 88.8 Å². The molecule has 0 radical (unpaired) electrons. The van der Waals surface area contributed by atoms with Crippen molar-refractivity contribution in [3.63, 3.8) is 0 Å². The van der Waals surface area contributed by atoms with E-state index in [9.17, 15) is 4.79 Å². The number of epoxide rings is 1. The lowest BCUT2D eigenvalue weighted by Gasteiger charge is -2.11. The Hall–Kier alpha value is -3.13. The maximum absolute atomic E-state index is 13.1. The summed E-state index contributed by atoms with van der Waals surface area (Å²) in [6, 6.07) is 9.70. The van der Waals surface area contributed by atoms with Gasteiger partial charge in [-0.1, -0.05) is 30.3 Å². The second-order valence-corrected chi connectivity index (χ2v) is 6.29. The molecule has 8 nitrogen and oxygen atoms in total. The highest BCUT2D eigenvalue weighted by atomic mass is 16.6. The van der Waals surface area contributed by atoms with E-state index >= 15 is 0 Å². The zero-order chi connectivity index (χ0) is 18.1. The fourth-order valence-corrected chi connectivity index (χ4v) is 2.54. The monoisotopic (exact) mass is 350 g/mol. The predicted octanol–water partition coefficient (Wildman–Crippen LogP) is 1.53. The quantitative estimate of drug-likeness (QED) is 0.394. The average molecular weight is 350 g/mol. The van der Waals surface area contributed by atoms with Gasteiger partial charge >= 0.3 is 0 Å². The van der Waals surface area contributed by atoms with Gasteiger partial charge in [0.15, 0.2) is 11.2 Å². The molecule has 8 heteroatoms. The van der Waals surface area contributed by atoms with Gasteiger partial charge < -0.3 is 9.64 Å². The van der Waals surface area contributed by atoms with Gasteiger partial charge in [0.1, 0.15) is 6.10 Å². The molecule has 3 heterocycles. The number of rotatable bonds is 5. The lowest BCUT2D eigenvalue weighted by Crippen LogP contribution is -2.24. The standard InChI is InChI=1S/C18H18N6O2/c1-23(2)11-20-18-22-16-15(21-13(8-19-16)14-10-26-14)17(25)24(18)9-12-6-4-3-5-7-12/h3-8,11,14H,9-10H2,1-2H3/b20-11-. The van der Waals surface area contributed by atoms with Crippen LogP contribution in [0.5, 0.6) is 0 Å². The average Bonchev–Trinajstić information content (AvgIpc) is 3.48. The Bertz CT molecular complexity index is 1030. The molecule has 4 rings (SSSR count). The number of benzene rings is 1. The smallest absolute Gasteiger partial charge is 0.283 e. The van der Waals surface area contributed by atoms with Crippen LogP contribution in [0, 0.1) is 0 Å². The van der Waals surface area contributed by atoms with E-state index in [0.29, 0.717) is 24.8 Å². The van der Waals surface area contributed by atoms with Gasteiger partial charge in [0.2, 0.25) is 5.95 Å². The molecule has 2 aromatic heterocycles. The van der Waals surface area contributed by atoms with E-state index in [2.05, 4.69) is 19.9 Å². The first-order valence-electron chi connectivity index (χ1n) is 8.25. The van der Waals surface area contributed by atoms with Gasteiger partial charge in [-0.25, -0.2) is 15.0 Å². The van der Waals surface area contributed by atoms with Crippen molar-refractivity contribution in [2.24, 2.45) is 4.99 Å². The highest BCUT2D eigenvalue weighted by molar-refractivity contribution is 5.70. The van der Waals surface area contributed by atoms with Gasteiger partial charge in [-0.15, -0.1) is 0 Å². The molecule has 1 atom stereocenters. The summed E-state index contributed by atoms with van der Waals surface area (Å²) in [6.45, 7) is 0.964. The predicted molar refractivity (Wildman–Crippen MR) is 97.7 cm³/mol. The van der Waals surface area contributed by atoms with Crippen LogP contribution in [0.25, 0.3) is 11.2 Å². The summed E-state index contributed by atoms with van der Waals surface area (Å²) >= 11 is 0. The Labute approximate surface area is 149 Å². The summed E-state index contributed by atoms with van der Waals surface area (Å²) < 4.78 is 6.75. The first-order valence-corrected chi connectivity index (χ1v) is 8.25. The second-order valence-electron chi connectivity index (χ2n) is 6.29. The van der Waals surface area contributed by atoms with Crippen LogP contribution in [-0.2, 0) is 11.3 Å². The van der Waals surface area contributed by atoms with E-state index < -0.39 is 0 Å². The third-order valence-corrected chi connectivity index (χ3v) is 3.92. The van der Waals surface area contributed by atoms with Gasteiger partial charge in [0.25, 0.3) is 5.56 Å². The fraction of sp³-hybridized carbons (Fsp3) is 0.278. The number of nitrogens with zero attached hydrogens (tertiary/aromatic N) is 6. The zero-order valence-electron chi connectivity index (χ0n) is 14.5. The molecule has 0 spiro atoms. The third kappa shape index (κ3) is 3.31. The van der Waals surface area contributed by atoms with Gasteiger partial charge in [0.05, 0.1) is 31.4 Å². The Balaban J connectivity index is 1.87. The molecule has 26 heavy (non-hydrogen) atoms. The van der Waals surface area contributed by atoms with E-state index in [1.54, 1.807) is 17.4 Å². The largest absolute Gasteiger partial charge is 0.369 e. The van der Waals surface area contributed by atoms with Crippen molar-refractivity contribution in [2.75, 3.05) is 20.7 Å². The molecule has 1 aliphatic rings. The Morgan fingerprint density at radius 2 is 2.08 bits per heavy atom. The molecule has 0 saturated carbocycles. The summed E-state index contributed by atoms with van der Waals surface area (Å²) in [5.74, 6) is 0.296. The van der Waals surface area contributed by atoms with E-state index in [1.807, 2.05) is 44.4 Å². The Morgan fingerprint density at radius 1 is 1.31 bits per heavy atom. The minimum absolute atomic E-state index is 0.0692. The first kappa shape index (κ1) is 16.3. The maximum atomic E-state index is 13.1. The zero-order valence-corrected chi connectivity index (χ0v) is 14.5. The van der Waals surface area contributed by atoms with Gasteiger partial charge in [-0.05, 0) is 5.56 Å². The number of hydrogen-bond acceptors (Lipinski definition) is 6. The van der Waals surface area contributed by atoms with Gasteiger partial charge in [-0.3, -0.25) is 9.36 Å². The molecule has 0 N–H and O–H groups in total. The molecule has 0 bridgehead atoms. The van der Waals surface area contributed by atoms with Gasteiger partial charge in [0, 0.05) is 14.1 Å². The van der Waals surface area contributed by atoms with Crippen LogP contribution in [0.4, 0.5) is 5.95 Å². The van der Waals surface area contributed by atoms with Crippen molar-refractivity contribution in [1.29, 1.82) is 0 Å². The SMILES string of the molecule is CN(C)/C=N\c1nc2ncc(C3CO3)nc2c(=O)n1Cc1ccccc1. The summed E-state index contributed by atoms with van der Waals surface area (Å²) in [6.07, 6.45) is 3.14. The molecule has 132 valence electrons. The summed E-state index contributed by atoms with van der Waals surface area (Å²) in [4.78, 5) is 32.4. The molecule has 1 unspecified atom stereocenters. The van der Waals surface area contributed by atoms with Gasteiger partial charge in [-0.2, -0.15) is 4.98 Å². The van der Waals surface area contributed by atoms with E-state index in [0.717, 1.165) is 5.56 Å². The fourth-order valence-electron chi connectivity index (χ4n) is 2.54. The number of aliphatic imine (C=N–C) groups is 1. The first-order chi connectivity index (χ1) is 12.6. The molecule has 0 amide bonds. The Kier molecular flexibility index (Phi) is 4.18. The van der Waals surface area contributed by atoms with Crippen molar-refractivity contribution < 1.29 is 4.74 Å². The minimum atomic E-state index is -0.264. The minimum Gasteiger partial charge on any atom is -0.369 e. The van der Waals surface area contributed by atoms with Crippen LogP contribution in [0.2, 0.25) is 0 Å². The van der Waals surface area contributed by atoms with Crippen molar-refractivity contribution in [2.45, 2.75) is 12.6 Å². The summed E-state index contributed by atoms with van der Waals surface area (Å²) in [7, 11) is 3.71. The highest BCUT2D eigenvalue weighted by Crippen LogP contribution is 2.28. The number of hydrogen-bond donors (Lipinski definition) is 0. The van der Waals surface area contributed by atoms with Crippen LogP contribution in [-0.4, -0.2) is 51.5 Å². The lowest BCUT2D eigenvalue weighted by molar-refractivity contribution is 0.411. The van der Waals surface area contributed by atoms with E-state index in [-0.39, 0.29) is 22.8 Å². The van der Waals surface area contributed by atoms with Crippen LogP contribution < -0.4 is 5.56 Å². The molecule has 1 fully saturated rings. The van der Waals surface area contributed by atoms with Crippen molar-refractivity contribution in [3.8, 4) is 0 Å². The molecule has 1 saturated heterocycles. The molecular weight excluding hydrogens is 332 g/mol. The highest BCUT2D eigenvalue weighted by Gasteiger charge is 2.27. The number of ether oxygens (including phenoxy) is 1. The number of fused-ring (bicyclic) bond motifs is 1. The van der Waals surface area contributed by atoms with Crippen LogP contribution >= 0.6 is 0 Å². The molecule has 0 aliphatic carbocycles. The van der Waals surface area contributed by atoms with Crippen molar-refractivity contribution >= 4 is 23.5 Å². The summed E-state index contributed by atoms with van der Waals surface area (Å²) in [5.41, 5.74) is 1.89. The third-order valence-electron chi connectivity index (χ3n) is 3.92. The van der Waals surface area contributed by atoms with Crippen molar-refractivity contribution in [1.82, 2.24) is 24.4 Å². The molecule has 3 aromatic rings. The lowest BCUT2D eigenvalue weighted by atomic mass is 10.2. The number of aromatic nitrogens is 4.